The maximum Gasteiger partial charge on any atom is 0.407 e. The van der Waals surface area contributed by atoms with Crippen LogP contribution >= 0.6 is 0 Å². The first-order valence-electron chi connectivity index (χ1n) is 2.88. The van der Waals surface area contributed by atoms with Gasteiger partial charge in [0.25, 0.3) is 0 Å². The summed E-state index contributed by atoms with van der Waals surface area (Å²) in [6.45, 7) is 0.152. The number of carboxylic acid groups (broad SMARTS) is 1. The summed E-state index contributed by atoms with van der Waals surface area (Å²) in [5.41, 5.74) is 0. The monoisotopic (exact) mass is 159 g/mol. The molecule has 0 aliphatic carbocycles. The van der Waals surface area contributed by atoms with Crippen LogP contribution in [0.25, 0.3) is 0 Å². The van der Waals surface area contributed by atoms with Crippen molar-refractivity contribution in [2.24, 2.45) is 0 Å². The molecule has 62 valence electrons. The predicted molar refractivity (Wildman–Crippen MR) is 37.2 cm³/mol. The molecule has 0 heterocycles. The van der Waals surface area contributed by atoms with Gasteiger partial charge in [-0.3, -0.25) is 0 Å². The Morgan fingerprint density at radius 1 is 1.64 bits per heavy atom. The van der Waals surface area contributed by atoms with E-state index in [0.29, 0.717) is 0 Å². The molecule has 5 nitrogen and oxygen atoms in total. The quantitative estimate of drug-likeness (QED) is 0.567. The maximum absolute atomic E-state index is 10.3. The van der Waals surface area contributed by atoms with Crippen molar-refractivity contribution in [1.29, 1.82) is 0 Å². The Bertz CT molecular complexity index is 175. The normalized spacial score (nSPS) is 9.55. The molecule has 0 aromatic rings. The number of carboxylic acids is 1. The fraction of sp³-hybridized carbons (Fsp3) is 0.333. The average molecular weight is 159 g/mol. The van der Waals surface area contributed by atoms with E-state index in [-0.39, 0.29) is 6.54 Å². The summed E-state index contributed by atoms with van der Waals surface area (Å²) in [7, 11) is 1.23. The molecule has 0 aliphatic rings. The first-order chi connectivity index (χ1) is 5.16. The highest BCUT2D eigenvalue weighted by Crippen LogP contribution is 1.73. The van der Waals surface area contributed by atoms with E-state index in [1.807, 2.05) is 0 Å². The van der Waals surface area contributed by atoms with Gasteiger partial charge in [0, 0.05) is 12.6 Å². The highest BCUT2D eigenvalue weighted by atomic mass is 16.5. The van der Waals surface area contributed by atoms with Crippen LogP contribution in [-0.2, 0) is 9.53 Å². The van der Waals surface area contributed by atoms with E-state index in [4.69, 9.17) is 5.11 Å². The van der Waals surface area contributed by atoms with Crippen molar-refractivity contribution in [3.05, 3.63) is 12.2 Å². The second-order valence-electron chi connectivity index (χ2n) is 1.61. The molecule has 0 unspecified atom stereocenters. The van der Waals surface area contributed by atoms with Gasteiger partial charge < -0.3 is 15.2 Å². The molecule has 0 spiro atoms. The first-order valence-corrected chi connectivity index (χ1v) is 2.88. The van der Waals surface area contributed by atoms with Crippen molar-refractivity contribution in [2.45, 2.75) is 0 Å². The van der Waals surface area contributed by atoms with E-state index < -0.39 is 12.1 Å². The number of hydrogen-bond donors (Lipinski definition) is 2. The Balaban J connectivity index is 3.41. The Morgan fingerprint density at radius 2 is 2.27 bits per heavy atom. The topological polar surface area (TPSA) is 75.6 Å². The molecule has 0 bridgehead atoms. The lowest BCUT2D eigenvalue weighted by Crippen LogP contribution is -2.22. The van der Waals surface area contributed by atoms with Crippen molar-refractivity contribution >= 4 is 12.1 Å². The molecule has 0 saturated heterocycles. The second kappa shape index (κ2) is 5.28. The van der Waals surface area contributed by atoms with Crippen LogP contribution < -0.4 is 5.32 Å². The standard InChI is InChI=1S/C6H9NO4/c1-11-6(10)7-4-2-3-5(8)9/h2-3H,4H2,1H3,(H,7,10)(H,8,9). The summed E-state index contributed by atoms with van der Waals surface area (Å²) in [6, 6.07) is 0. The summed E-state index contributed by atoms with van der Waals surface area (Å²) in [6.07, 6.45) is 1.66. The van der Waals surface area contributed by atoms with E-state index in [0.717, 1.165) is 6.08 Å². The number of alkyl carbamates (subject to hydrolysis) is 1. The zero-order valence-corrected chi connectivity index (χ0v) is 6.03. The first kappa shape index (κ1) is 9.48. The van der Waals surface area contributed by atoms with E-state index >= 15 is 0 Å². The van der Waals surface area contributed by atoms with Crippen molar-refractivity contribution in [2.75, 3.05) is 13.7 Å². The molecule has 0 saturated carbocycles. The number of carbonyl (C=O) groups excluding carboxylic acids is 1. The minimum absolute atomic E-state index is 0.152. The van der Waals surface area contributed by atoms with Crippen molar-refractivity contribution in [1.82, 2.24) is 5.32 Å². The number of hydrogen-bond acceptors (Lipinski definition) is 3. The number of methoxy groups -OCH3 is 1. The van der Waals surface area contributed by atoms with Crippen LogP contribution in [0.2, 0.25) is 0 Å². The van der Waals surface area contributed by atoms with Crippen LogP contribution in [0.15, 0.2) is 12.2 Å². The van der Waals surface area contributed by atoms with Gasteiger partial charge in [-0.15, -0.1) is 0 Å². The van der Waals surface area contributed by atoms with Crippen molar-refractivity contribution in [3.8, 4) is 0 Å². The van der Waals surface area contributed by atoms with E-state index in [9.17, 15) is 9.59 Å². The Kier molecular flexibility index (Phi) is 4.55. The molecule has 0 atom stereocenters. The van der Waals surface area contributed by atoms with Gasteiger partial charge in [-0.2, -0.15) is 0 Å². The number of nitrogens with one attached hydrogen (secondary N) is 1. The molecule has 0 fully saturated rings. The van der Waals surface area contributed by atoms with Crippen molar-refractivity contribution in [3.63, 3.8) is 0 Å². The van der Waals surface area contributed by atoms with Gasteiger partial charge in [-0.05, 0) is 0 Å². The fourth-order valence-electron chi connectivity index (χ4n) is 0.374. The zero-order valence-electron chi connectivity index (χ0n) is 6.03. The van der Waals surface area contributed by atoms with Gasteiger partial charge in [0.15, 0.2) is 0 Å². The third kappa shape index (κ3) is 6.36. The largest absolute Gasteiger partial charge is 0.478 e. The van der Waals surface area contributed by atoms with Crippen LogP contribution in [0.4, 0.5) is 4.79 Å². The second-order valence-corrected chi connectivity index (χ2v) is 1.61. The number of carbonyl (C=O) groups is 2. The van der Waals surface area contributed by atoms with Crippen LogP contribution in [0.5, 0.6) is 0 Å². The van der Waals surface area contributed by atoms with Gasteiger partial charge in [0.1, 0.15) is 0 Å². The molecule has 0 radical (unpaired) electrons. The van der Waals surface area contributed by atoms with Gasteiger partial charge in [0.05, 0.1) is 7.11 Å². The number of rotatable bonds is 3. The van der Waals surface area contributed by atoms with E-state index in [1.165, 1.54) is 13.2 Å². The SMILES string of the molecule is COC(=O)NCC=CC(=O)O. The highest BCUT2D eigenvalue weighted by Gasteiger charge is 1.92. The lowest BCUT2D eigenvalue weighted by atomic mass is 10.5. The van der Waals surface area contributed by atoms with Crippen molar-refractivity contribution < 1.29 is 19.4 Å². The molecule has 2 N–H and O–H groups in total. The van der Waals surface area contributed by atoms with Gasteiger partial charge in [-0.1, -0.05) is 6.08 Å². The van der Waals surface area contributed by atoms with E-state index in [2.05, 4.69) is 10.1 Å². The summed E-state index contributed by atoms with van der Waals surface area (Å²) in [5, 5.41) is 10.4. The molecular weight excluding hydrogens is 150 g/mol. The number of ether oxygens (including phenoxy) is 1. The molecule has 0 rings (SSSR count). The molecule has 5 heteroatoms. The molecule has 0 aliphatic heterocycles. The molecule has 1 amide bonds. The summed E-state index contributed by atoms with van der Waals surface area (Å²) >= 11 is 0. The minimum Gasteiger partial charge on any atom is -0.478 e. The summed E-state index contributed by atoms with van der Waals surface area (Å²) in [5.74, 6) is -1.04. The molecule has 0 aromatic carbocycles. The van der Waals surface area contributed by atoms with Gasteiger partial charge in [-0.25, -0.2) is 9.59 Å². The molecule has 0 aromatic heterocycles. The highest BCUT2D eigenvalue weighted by molar-refractivity contribution is 5.79. The maximum atomic E-state index is 10.3. The van der Waals surface area contributed by atoms with Crippen LogP contribution in [0.3, 0.4) is 0 Å². The predicted octanol–water partition coefficient (Wildman–Crippen LogP) is -0.0168. The number of aliphatic carboxylic acids is 1. The average Bonchev–Trinajstić information content (AvgIpc) is 1.97. The van der Waals surface area contributed by atoms with Gasteiger partial charge in [0.2, 0.25) is 0 Å². The Labute approximate surface area is 63.7 Å². The zero-order chi connectivity index (χ0) is 8.69. The Hall–Kier alpha value is -1.52. The molecular formula is C6H9NO4. The Morgan fingerprint density at radius 3 is 2.73 bits per heavy atom. The van der Waals surface area contributed by atoms with E-state index in [1.54, 1.807) is 0 Å². The lowest BCUT2D eigenvalue weighted by Gasteiger charge is -1.96. The van der Waals surface area contributed by atoms with Crippen LogP contribution in [0, 0.1) is 0 Å². The summed E-state index contributed by atoms with van der Waals surface area (Å²) in [4.78, 5) is 20.2. The minimum atomic E-state index is -1.04. The van der Waals surface area contributed by atoms with Gasteiger partial charge >= 0.3 is 12.1 Å². The van der Waals surface area contributed by atoms with Crippen LogP contribution in [-0.4, -0.2) is 30.8 Å². The third-order valence-corrected chi connectivity index (χ3v) is 0.810. The molecule has 11 heavy (non-hydrogen) atoms. The number of amides is 1. The fourth-order valence-corrected chi connectivity index (χ4v) is 0.374. The van der Waals surface area contributed by atoms with Crippen LogP contribution in [0.1, 0.15) is 0 Å². The smallest absolute Gasteiger partial charge is 0.407 e. The lowest BCUT2D eigenvalue weighted by molar-refractivity contribution is -0.131. The third-order valence-electron chi connectivity index (χ3n) is 0.810. The summed E-state index contributed by atoms with van der Waals surface area (Å²) < 4.78 is 4.23.